The molecule has 2 aliphatic heterocycles. The normalized spacial score (nSPS) is 25.3. The van der Waals surface area contributed by atoms with E-state index < -0.39 is 5.67 Å². The first kappa shape index (κ1) is 15.9. The second-order valence-electron chi connectivity index (χ2n) is 5.36. The molecule has 0 radical (unpaired) electrons. The van der Waals surface area contributed by atoms with E-state index in [-0.39, 0.29) is 0 Å². The summed E-state index contributed by atoms with van der Waals surface area (Å²) in [7, 11) is 2.07. The molecule has 0 amide bonds. The molecule has 2 saturated heterocycles. The van der Waals surface area contributed by atoms with Crippen LogP contribution in [0.5, 0.6) is 0 Å². The van der Waals surface area contributed by atoms with E-state index in [0.29, 0.717) is 25.4 Å². The molecule has 0 aliphatic carbocycles. The van der Waals surface area contributed by atoms with Crippen LogP contribution >= 0.6 is 0 Å². The Hall–Kier alpha value is -0.190. The predicted octanol–water partition coefficient (Wildman–Crippen LogP) is 1.79. The van der Waals surface area contributed by atoms with Crippen molar-refractivity contribution in [2.45, 2.75) is 51.2 Å². The van der Waals surface area contributed by atoms with Gasteiger partial charge in [0.05, 0.1) is 0 Å². The lowest BCUT2D eigenvalue weighted by Crippen LogP contribution is -2.50. The van der Waals surface area contributed by atoms with Crippen molar-refractivity contribution in [1.29, 1.82) is 0 Å². The van der Waals surface area contributed by atoms with E-state index in [1.54, 1.807) is 0 Å². The third kappa shape index (κ3) is 5.21. The van der Waals surface area contributed by atoms with E-state index in [9.17, 15) is 4.39 Å². The quantitative estimate of drug-likeness (QED) is 0.809. The van der Waals surface area contributed by atoms with Gasteiger partial charge in [0.25, 0.3) is 0 Å². The molecule has 0 aromatic carbocycles. The molecule has 0 atom stereocenters. The fourth-order valence-electron chi connectivity index (χ4n) is 2.55. The summed E-state index contributed by atoms with van der Waals surface area (Å²) in [6.45, 7) is 8.47. The lowest BCUT2D eigenvalue weighted by molar-refractivity contribution is 0.0650. The summed E-state index contributed by atoms with van der Waals surface area (Å²) in [4.78, 5) is 2.21. The summed E-state index contributed by atoms with van der Waals surface area (Å²) in [5.41, 5.74) is -0.961. The molecule has 0 bridgehead atoms. The van der Waals surface area contributed by atoms with E-state index in [1.807, 2.05) is 13.8 Å². The van der Waals surface area contributed by atoms with Crippen LogP contribution in [0.1, 0.15) is 39.5 Å². The Morgan fingerprint density at radius 2 is 1.78 bits per heavy atom. The Labute approximate surface area is 112 Å². The molecule has 0 unspecified atom stereocenters. The van der Waals surface area contributed by atoms with E-state index in [2.05, 4.69) is 22.6 Å². The molecule has 0 spiro atoms. The minimum Gasteiger partial charge on any atom is -0.317 e. The summed E-state index contributed by atoms with van der Waals surface area (Å²) in [5, 5.41) is 6.74. The number of hydrogen-bond acceptors (Lipinski definition) is 3. The van der Waals surface area contributed by atoms with Gasteiger partial charge in [-0.05, 0) is 45.8 Å². The first-order chi connectivity index (χ1) is 8.68. The number of hydrogen-bond donors (Lipinski definition) is 2. The van der Waals surface area contributed by atoms with Gasteiger partial charge in [0, 0.05) is 25.7 Å². The minimum atomic E-state index is -0.961. The number of rotatable bonds is 3. The van der Waals surface area contributed by atoms with Crippen LogP contribution in [-0.4, -0.2) is 56.4 Å². The first-order valence-corrected chi connectivity index (χ1v) is 7.50. The van der Waals surface area contributed by atoms with Gasteiger partial charge in [0.1, 0.15) is 5.67 Å². The Balaban J connectivity index is 0.000000771. The monoisotopic (exact) mass is 259 g/mol. The van der Waals surface area contributed by atoms with Gasteiger partial charge in [0.2, 0.25) is 0 Å². The van der Waals surface area contributed by atoms with Crippen molar-refractivity contribution in [3.05, 3.63) is 0 Å². The average Bonchev–Trinajstić information content (AvgIpc) is 2.44. The number of nitrogens with zero attached hydrogens (tertiary/aromatic N) is 1. The Morgan fingerprint density at radius 3 is 2.33 bits per heavy atom. The van der Waals surface area contributed by atoms with Crippen LogP contribution in [0.25, 0.3) is 0 Å². The highest BCUT2D eigenvalue weighted by atomic mass is 19.1. The van der Waals surface area contributed by atoms with Crippen LogP contribution in [0.3, 0.4) is 0 Å². The average molecular weight is 259 g/mol. The maximum atomic E-state index is 14.4. The van der Waals surface area contributed by atoms with E-state index in [4.69, 9.17) is 0 Å². The molecule has 108 valence electrons. The van der Waals surface area contributed by atoms with E-state index in [0.717, 1.165) is 39.0 Å². The highest BCUT2D eigenvalue weighted by Crippen LogP contribution is 2.25. The van der Waals surface area contributed by atoms with Crippen LogP contribution in [0.15, 0.2) is 0 Å². The molecule has 0 aromatic heterocycles. The maximum Gasteiger partial charge on any atom is 0.125 e. The number of alkyl halides is 1. The van der Waals surface area contributed by atoms with Crippen molar-refractivity contribution < 1.29 is 4.39 Å². The second-order valence-corrected chi connectivity index (χ2v) is 5.36. The number of nitrogens with one attached hydrogen (secondary N) is 2. The van der Waals surface area contributed by atoms with Gasteiger partial charge in [-0.15, -0.1) is 0 Å². The molecule has 2 fully saturated rings. The second kappa shape index (κ2) is 8.08. The minimum absolute atomic E-state index is 0.522. The molecule has 2 aliphatic rings. The van der Waals surface area contributed by atoms with Gasteiger partial charge in [0.15, 0.2) is 0 Å². The molecule has 0 saturated carbocycles. The lowest BCUT2D eigenvalue weighted by atomic mass is 9.92. The van der Waals surface area contributed by atoms with Gasteiger partial charge < -0.3 is 15.5 Å². The fraction of sp³-hybridized carbons (Fsp3) is 1.00. The summed E-state index contributed by atoms with van der Waals surface area (Å²) in [6.07, 6.45) is 3.63. The first-order valence-electron chi connectivity index (χ1n) is 7.50. The van der Waals surface area contributed by atoms with Crippen molar-refractivity contribution in [2.75, 3.05) is 39.8 Å². The number of likely N-dealkylation sites (tertiary alicyclic amines) is 1. The predicted molar refractivity (Wildman–Crippen MR) is 75.8 cm³/mol. The fourth-order valence-corrected chi connectivity index (χ4v) is 2.55. The summed E-state index contributed by atoms with van der Waals surface area (Å²) >= 11 is 0. The molecule has 0 aromatic rings. The standard InChI is InChI=1S/C12H24FN3.C2H6/c1-16-8-4-12(13,5-9-16)10-15-11-2-6-14-7-3-11;1-2/h11,14-15H,2-10H2,1H3;1-2H3. The zero-order chi connectivity index (χ0) is 13.4. The van der Waals surface area contributed by atoms with Crippen molar-refractivity contribution in [2.24, 2.45) is 0 Å². The molecule has 4 heteroatoms. The van der Waals surface area contributed by atoms with Gasteiger partial charge in [-0.2, -0.15) is 0 Å². The van der Waals surface area contributed by atoms with Gasteiger partial charge in [-0.25, -0.2) is 4.39 Å². The third-order valence-corrected chi connectivity index (χ3v) is 3.93. The molecular weight excluding hydrogens is 229 g/mol. The van der Waals surface area contributed by atoms with Crippen LogP contribution < -0.4 is 10.6 Å². The van der Waals surface area contributed by atoms with Crippen molar-refractivity contribution in [3.8, 4) is 0 Å². The molecule has 3 nitrogen and oxygen atoms in total. The third-order valence-electron chi connectivity index (χ3n) is 3.93. The van der Waals surface area contributed by atoms with Crippen LogP contribution in [0.4, 0.5) is 4.39 Å². The van der Waals surface area contributed by atoms with E-state index in [1.165, 1.54) is 0 Å². The molecule has 2 N–H and O–H groups in total. The van der Waals surface area contributed by atoms with Crippen molar-refractivity contribution in [1.82, 2.24) is 15.5 Å². The van der Waals surface area contributed by atoms with Gasteiger partial charge >= 0.3 is 0 Å². The highest BCUT2D eigenvalue weighted by Gasteiger charge is 2.33. The van der Waals surface area contributed by atoms with Crippen LogP contribution in [0, 0.1) is 0 Å². The smallest absolute Gasteiger partial charge is 0.125 e. The Bertz CT molecular complexity index is 209. The van der Waals surface area contributed by atoms with Gasteiger partial charge in [-0.1, -0.05) is 13.8 Å². The Kier molecular flexibility index (Phi) is 7.12. The topological polar surface area (TPSA) is 27.3 Å². The molecule has 2 heterocycles. The molecule has 18 heavy (non-hydrogen) atoms. The van der Waals surface area contributed by atoms with Crippen molar-refractivity contribution in [3.63, 3.8) is 0 Å². The van der Waals surface area contributed by atoms with Crippen LogP contribution in [0.2, 0.25) is 0 Å². The summed E-state index contributed by atoms with van der Waals surface area (Å²) in [6, 6.07) is 0.522. The maximum absolute atomic E-state index is 14.4. The van der Waals surface area contributed by atoms with Gasteiger partial charge in [-0.3, -0.25) is 0 Å². The SMILES string of the molecule is CC.CN1CCC(F)(CNC2CCNCC2)CC1. The van der Waals surface area contributed by atoms with Crippen molar-refractivity contribution >= 4 is 0 Å². The molecule has 2 rings (SSSR count). The lowest BCUT2D eigenvalue weighted by Gasteiger charge is -2.36. The highest BCUT2D eigenvalue weighted by molar-refractivity contribution is 4.89. The largest absolute Gasteiger partial charge is 0.317 e. The Morgan fingerprint density at radius 1 is 1.22 bits per heavy atom. The summed E-state index contributed by atoms with van der Waals surface area (Å²) < 4.78 is 14.4. The number of halogens is 1. The van der Waals surface area contributed by atoms with Crippen LogP contribution in [-0.2, 0) is 0 Å². The zero-order valence-electron chi connectivity index (χ0n) is 12.3. The number of piperidine rings is 2. The summed E-state index contributed by atoms with van der Waals surface area (Å²) in [5.74, 6) is 0. The van der Waals surface area contributed by atoms with E-state index >= 15 is 0 Å². The zero-order valence-corrected chi connectivity index (χ0v) is 12.3. The molecular formula is C14H30FN3.